The molecule has 0 fully saturated rings. The van der Waals surface area contributed by atoms with E-state index < -0.39 is 0 Å². The zero-order valence-corrected chi connectivity index (χ0v) is 4.65. The molecule has 0 aromatic carbocycles. The van der Waals surface area contributed by atoms with Gasteiger partial charge in [0.2, 0.25) is 0 Å². The summed E-state index contributed by atoms with van der Waals surface area (Å²) in [4.78, 5) is 0. The van der Waals surface area contributed by atoms with Crippen molar-refractivity contribution in [1.82, 2.24) is 0 Å². The van der Waals surface area contributed by atoms with Gasteiger partial charge in [0.15, 0.2) is 0 Å². The summed E-state index contributed by atoms with van der Waals surface area (Å²) in [5.74, 6) is 0. The van der Waals surface area contributed by atoms with E-state index in [1.54, 1.807) is 12.2 Å². The fraction of sp³-hybridized carbons (Fsp3) is 0. The van der Waals surface area contributed by atoms with Gasteiger partial charge in [-0.2, -0.15) is 0 Å². The molecule has 0 bridgehead atoms. The van der Waals surface area contributed by atoms with Crippen LogP contribution in [0.3, 0.4) is 0 Å². The second-order valence-electron chi connectivity index (χ2n) is 0.763. The summed E-state index contributed by atoms with van der Waals surface area (Å²) in [6.07, 6.45) is 6.56. The fourth-order valence-electron chi connectivity index (χ4n) is 0.210. The molecule has 1 aliphatic rings. The van der Waals surface area contributed by atoms with Crippen LogP contribution in [0.4, 0.5) is 0 Å². The molecule has 0 amide bonds. The van der Waals surface area contributed by atoms with Crippen LogP contribution in [0.2, 0.25) is 0 Å². The molecule has 0 saturated heterocycles. The molecule has 0 aliphatic carbocycles. The standard InChI is InChI=1S/C4H4F.BrH/c1-2-4-5-3-1;/h1-4H;1H/q+1;/p-1. The number of hydrogen-bond donors (Lipinski definition) is 0. The maximum atomic E-state index is 5.44. The maximum Gasteiger partial charge on any atom is 0.283 e. The molecule has 0 aromatic rings. The lowest BCUT2D eigenvalue weighted by atomic mass is 10.6. The highest BCUT2D eigenvalue weighted by molar-refractivity contribution is 4.98. The third kappa shape index (κ3) is 1.36. The van der Waals surface area contributed by atoms with E-state index in [2.05, 4.69) is 0 Å². The Hall–Kier alpha value is -0.110. The van der Waals surface area contributed by atoms with Gasteiger partial charge in [-0.25, -0.2) is 0 Å². The van der Waals surface area contributed by atoms with Crippen molar-refractivity contribution in [2.45, 2.75) is 0 Å². The van der Waals surface area contributed by atoms with Crippen molar-refractivity contribution in [3.05, 3.63) is 24.8 Å². The van der Waals surface area contributed by atoms with Crippen molar-refractivity contribution in [2.24, 2.45) is 0 Å². The lowest BCUT2D eigenvalue weighted by Gasteiger charge is -1.44. The van der Waals surface area contributed by atoms with Crippen molar-refractivity contribution in [3.8, 4) is 0 Å². The molecule has 0 N–H and O–H groups in total. The molecule has 0 unspecified atom stereocenters. The molecule has 34 valence electrons. The smallest absolute Gasteiger partial charge is 0.283 e. The first-order chi connectivity index (χ1) is 2.50. The van der Waals surface area contributed by atoms with E-state index in [-0.39, 0.29) is 17.0 Å². The minimum absolute atomic E-state index is 0. The minimum atomic E-state index is 0. The first-order valence-corrected chi connectivity index (χ1v) is 1.44. The average Bonchev–Trinajstić information content (AvgIpc) is 1.76. The molecule has 0 nitrogen and oxygen atoms in total. The van der Waals surface area contributed by atoms with Gasteiger partial charge in [0.1, 0.15) is 0 Å². The van der Waals surface area contributed by atoms with Crippen molar-refractivity contribution in [1.29, 1.82) is 0 Å². The van der Waals surface area contributed by atoms with Gasteiger partial charge in [-0.05, 0) is 0 Å². The Balaban J connectivity index is 0.000000250. The summed E-state index contributed by atoms with van der Waals surface area (Å²) in [7, 11) is 0. The molecule has 0 aromatic heterocycles. The molecule has 6 heavy (non-hydrogen) atoms. The van der Waals surface area contributed by atoms with Crippen molar-refractivity contribution in [3.63, 3.8) is 0 Å². The van der Waals surface area contributed by atoms with Crippen LogP contribution >= 0.6 is 0 Å². The van der Waals surface area contributed by atoms with E-state index in [1.165, 1.54) is 12.7 Å². The number of rotatable bonds is 0. The zero-order valence-electron chi connectivity index (χ0n) is 3.07. The Kier molecular flexibility index (Phi) is 3.04. The van der Waals surface area contributed by atoms with E-state index in [9.17, 15) is 0 Å². The van der Waals surface area contributed by atoms with Gasteiger partial charge < -0.3 is 17.0 Å². The van der Waals surface area contributed by atoms with Gasteiger partial charge in [0.05, 0.1) is 0 Å². The number of halogens is 2. The number of allylic oxidation sites excluding steroid dienone is 2. The third-order valence-corrected chi connectivity index (χ3v) is 0.402. The van der Waals surface area contributed by atoms with Crippen LogP contribution in [0.15, 0.2) is 24.8 Å². The van der Waals surface area contributed by atoms with Gasteiger partial charge in [0.25, 0.3) is 12.7 Å². The maximum absolute atomic E-state index is 5.44. The van der Waals surface area contributed by atoms with Gasteiger partial charge in [-0.3, -0.25) is 0 Å². The first-order valence-electron chi connectivity index (χ1n) is 1.44. The van der Waals surface area contributed by atoms with Gasteiger partial charge in [-0.15, -0.1) is 4.08 Å². The molecule has 0 spiro atoms. The molecule has 0 radical (unpaired) electrons. The van der Waals surface area contributed by atoms with Crippen LogP contribution < -0.4 is 17.0 Å². The largest absolute Gasteiger partial charge is 1.00 e. The van der Waals surface area contributed by atoms with Crippen LogP contribution in [0.1, 0.15) is 0 Å². The van der Waals surface area contributed by atoms with Crippen molar-refractivity contribution in [2.75, 3.05) is 0 Å². The molecule has 0 saturated carbocycles. The lowest BCUT2D eigenvalue weighted by Crippen LogP contribution is -3.00. The molecule has 1 heterocycles. The van der Waals surface area contributed by atoms with Crippen LogP contribution in [0.5, 0.6) is 0 Å². The lowest BCUT2D eigenvalue weighted by molar-refractivity contribution is -0.510. The first kappa shape index (κ1) is 5.89. The second kappa shape index (κ2) is 3.09. The van der Waals surface area contributed by atoms with E-state index in [4.69, 9.17) is 4.08 Å². The SMILES string of the molecule is C1=C[F+]C=C1.[Br-]. The molecular weight excluding hydrogens is 147 g/mol. The highest BCUT2D eigenvalue weighted by Gasteiger charge is 1.88. The monoisotopic (exact) mass is 150 g/mol. The fourth-order valence-corrected chi connectivity index (χ4v) is 0.210. The minimum Gasteiger partial charge on any atom is -1.00 e. The second-order valence-corrected chi connectivity index (χ2v) is 0.763. The van der Waals surface area contributed by atoms with Gasteiger partial charge in [0, 0.05) is 12.2 Å². The zero-order chi connectivity index (χ0) is 3.54. The van der Waals surface area contributed by atoms with Crippen molar-refractivity contribution >= 4 is 0 Å². The highest BCUT2D eigenvalue weighted by atomic mass is 79.9. The average molecular weight is 151 g/mol. The van der Waals surface area contributed by atoms with Crippen molar-refractivity contribution < 1.29 is 21.1 Å². The molecule has 0 atom stereocenters. The van der Waals surface area contributed by atoms with Crippen LogP contribution in [0, 0.1) is 4.08 Å². The summed E-state index contributed by atoms with van der Waals surface area (Å²) in [6.45, 7) is 0. The predicted molar refractivity (Wildman–Crippen MR) is 18.3 cm³/mol. The Bertz CT molecular complexity index is 65.6. The Morgan fingerprint density at radius 3 is 1.67 bits per heavy atom. The summed E-state index contributed by atoms with van der Waals surface area (Å²) >= 11 is 0. The third-order valence-electron chi connectivity index (χ3n) is 0.402. The summed E-state index contributed by atoms with van der Waals surface area (Å²) in [5.41, 5.74) is 0. The normalized spacial score (nSPS) is 14.7. The van der Waals surface area contributed by atoms with E-state index in [0.717, 1.165) is 0 Å². The molecular formula is C4H4BrF. The predicted octanol–water partition coefficient (Wildman–Crippen LogP) is -1.88. The quantitative estimate of drug-likeness (QED) is 0.380. The summed E-state index contributed by atoms with van der Waals surface area (Å²) < 4.78 is 5.44. The van der Waals surface area contributed by atoms with Crippen LogP contribution in [-0.4, -0.2) is 0 Å². The highest BCUT2D eigenvalue weighted by Crippen LogP contribution is 1.89. The van der Waals surface area contributed by atoms with Gasteiger partial charge in [-0.1, -0.05) is 0 Å². The molecule has 1 rings (SSSR count). The van der Waals surface area contributed by atoms with Gasteiger partial charge >= 0.3 is 0 Å². The summed E-state index contributed by atoms with van der Waals surface area (Å²) in [6, 6.07) is 0. The molecule has 1 aliphatic heterocycles. The Morgan fingerprint density at radius 1 is 1.00 bits per heavy atom. The van der Waals surface area contributed by atoms with E-state index in [1.807, 2.05) is 0 Å². The van der Waals surface area contributed by atoms with E-state index >= 15 is 0 Å². The summed E-state index contributed by atoms with van der Waals surface area (Å²) in [5, 5.41) is 0. The van der Waals surface area contributed by atoms with E-state index in [0.29, 0.717) is 0 Å². The topological polar surface area (TPSA) is 0 Å². The molecule has 2 heteroatoms. The van der Waals surface area contributed by atoms with Crippen LogP contribution in [0.25, 0.3) is 0 Å². The Morgan fingerprint density at radius 2 is 1.50 bits per heavy atom. The Labute approximate surface area is 46.6 Å². The van der Waals surface area contributed by atoms with Crippen LogP contribution in [-0.2, 0) is 0 Å². The number of hydrogen-bond acceptors (Lipinski definition) is 0.